The Morgan fingerprint density at radius 1 is 1.08 bits per heavy atom. The Hall–Kier alpha value is -1.76. The number of imide groups is 2. The fraction of sp³-hybridized carbons (Fsp3) is 0.789. The van der Waals surface area contributed by atoms with Crippen LogP contribution in [0.25, 0.3) is 0 Å². The molecule has 0 aromatic heterocycles. The van der Waals surface area contributed by atoms with E-state index in [4.69, 9.17) is 0 Å². The normalized spacial score (nSPS) is 14.0. The highest BCUT2D eigenvalue weighted by Crippen LogP contribution is 2.15. The lowest BCUT2D eigenvalue weighted by molar-refractivity contribution is -0.147. The van der Waals surface area contributed by atoms with E-state index in [-0.39, 0.29) is 49.5 Å². The van der Waals surface area contributed by atoms with Crippen molar-refractivity contribution in [3.05, 3.63) is 0 Å². The number of likely N-dealkylation sites (tertiary alicyclic amines) is 1. The predicted molar refractivity (Wildman–Crippen MR) is 101 cm³/mol. The molecule has 1 rings (SSSR count). The zero-order chi connectivity index (χ0) is 20.7. The second kappa shape index (κ2) is 15.5. The van der Waals surface area contributed by atoms with Gasteiger partial charge in [0, 0.05) is 32.7 Å². The van der Waals surface area contributed by atoms with E-state index in [0.29, 0.717) is 25.8 Å². The van der Waals surface area contributed by atoms with Crippen LogP contribution in [0.5, 0.6) is 0 Å². The standard InChI is InChI=1S/C15H24N2O5.2C2H6/c1-3-13(20)17(11(2)19)12(10-18)6-4-5-9-16-14(21)7-8-15(16)22;2*1-2/h12,18H,3-10H2,1-2H3;2*1-2H3. The van der Waals surface area contributed by atoms with Crippen molar-refractivity contribution < 1.29 is 24.3 Å². The number of aliphatic hydroxyl groups excluding tert-OH is 1. The Morgan fingerprint density at radius 3 is 1.96 bits per heavy atom. The molecule has 0 saturated carbocycles. The molecule has 0 spiro atoms. The molecular weight excluding hydrogens is 336 g/mol. The van der Waals surface area contributed by atoms with Crippen molar-refractivity contribution in [3.63, 3.8) is 0 Å². The van der Waals surface area contributed by atoms with Crippen LogP contribution in [-0.2, 0) is 19.2 Å². The van der Waals surface area contributed by atoms with Crippen molar-refractivity contribution in [2.45, 2.75) is 86.1 Å². The molecule has 1 aliphatic rings. The van der Waals surface area contributed by atoms with Gasteiger partial charge in [-0.15, -0.1) is 0 Å². The van der Waals surface area contributed by atoms with Gasteiger partial charge in [-0.2, -0.15) is 0 Å². The zero-order valence-electron chi connectivity index (χ0n) is 17.2. The average Bonchev–Trinajstić information content (AvgIpc) is 2.98. The molecule has 0 radical (unpaired) electrons. The van der Waals surface area contributed by atoms with E-state index in [1.54, 1.807) is 6.92 Å². The molecule has 1 atom stereocenters. The summed E-state index contributed by atoms with van der Waals surface area (Å²) in [6, 6.07) is -0.546. The summed E-state index contributed by atoms with van der Waals surface area (Å²) in [5.74, 6) is -0.974. The highest BCUT2D eigenvalue weighted by Gasteiger charge is 2.29. The summed E-state index contributed by atoms with van der Waals surface area (Å²) in [4.78, 5) is 48.6. The Kier molecular flexibility index (Phi) is 15.8. The predicted octanol–water partition coefficient (Wildman–Crippen LogP) is 2.50. The fourth-order valence-electron chi connectivity index (χ4n) is 2.63. The number of rotatable bonds is 8. The molecule has 26 heavy (non-hydrogen) atoms. The molecule has 1 fully saturated rings. The lowest BCUT2D eigenvalue weighted by atomic mass is 10.1. The van der Waals surface area contributed by atoms with E-state index < -0.39 is 6.04 Å². The van der Waals surface area contributed by atoms with Crippen LogP contribution < -0.4 is 0 Å². The lowest BCUT2D eigenvalue weighted by Gasteiger charge is -2.27. The third-order valence-corrected chi connectivity index (χ3v) is 3.81. The second-order valence-corrected chi connectivity index (χ2v) is 5.41. The van der Waals surface area contributed by atoms with Gasteiger partial charge in [0.05, 0.1) is 12.6 Å². The van der Waals surface area contributed by atoms with Crippen molar-refractivity contribution in [1.82, 2.24) is 9.80 Å². The maximum atomic E-state index is 11.8. The van der Waals surface area contributed by atoms with E-state index >= 15 is 0 Å². The van der Waals surface area contributed by atoms with Crippen LogP contribution in [0.2, 0.25) is 0 Å². The zero-order valence-corrected chi connectivity index (χ0v) is 17.2. The van der Waals surface area contributed by atoms with Crippen LogP contribution in [0, 0.1) is 0 Å². The summed E-state index contributed by atoms with van der Waals surface area (Å²) >= 11 is 0. The highest BCUT2D eigenvalue weighted by atomic mass is 16.3. The van der Waals surface area contributed by atoms with E-state index in [9.17, 15) is 24.3 Å². The average molecular weight is 373 g/mol. The van der Waals surface area contributed by atoms with Crippen molar-refractivity contribution in [2.24, 2.45) is 0 Å². The topological polar surface area (TPSA) is 95.0 Å². The molecule has 1 N–H and O–H groups in total. The van der Waals surface area contributed by atoms with Crippen molar-refractivity contribution in [3.8, 4) is 0 Å². The van der Waals surface area contributed by atoms with Gasteiger partial charge in [-0.25, -0.2) is 0 Å². The van der Waals surface area contributed by atoms with Gasteiger partial charge in [-0.3, -0.25) is 29.0 Å². The minimum absolute atomic E-state index is 0.143. The molecular formula is C19H36N2O5. The van der Waals surface area contributed by atoms with Crippen molar-refractivity contribution in [2.75, 3.05) is 13.2 Å². The first-order valence-electron chi connectivity index (χ1n) is 9.69. The lowest BCUT2D eigenvalue weighted by Crippen LogP contribution is -2.45. The van der Waals surface area contributed by atoms with Gasteiger partial charge in [-0.1, -0.05) is 34.6 Å². The smallest absolute Gasteiger partial charge is 0.229 e. The van der Waals surface area contributed by atoms with E-state index in [2.05, 4.69) is 0 Å². The molecule has 1 unspecified atom stereocenters. The SMILES string of the molecule is CC.CC.CCC(=O)N(C(C)=O)C(CO)CCCCN1C(=O)CCC1=O. The van der Waals surface area contributed by atoms with Gasteiger partial charge in [0.15, 0.2) is 0 Å². The van der Waals surface area contributed by atoms with Gasteiger partial charge in [0.1, 0.15) is 0 Å². The molecule has 0 aromatic rings. The molecule has 7 nitrogen and oxygen atoms in total. The van der Waals surface area contributed by atoms with E-state index in [0.717, 1.165) is 4.90 Å². The molecule has 1 heterocycles. The third-order valence-electron chi connectivity index (χ3n) is 3.81. The van der Waals surface area contributed by atoms with Crippen LogP contribution in [0.3, 0.4) is 0 Å². The number of hydrogen-bond acceptors (Lipinski definition) is 5. The number of hydrogen-bond donors (Lipinski definition) is 1. The molecule has 0 aromatic carbocycles. The van der Waals surface area contributed by atoms with E-state index in [1.165, 1.54) is 11.8 Å². The summed E-state index contributed by atoms with van der Waals surface area (Å²) in [6.07, 6.45) is 2.43. The number of carbonyl (C=O) groups excluding carboxylic acids is 4. The number of unbranched alkanes of at least 4 members (excludes halogenated alkanes) is 1. The second-order valence-electron chi connectivity index (χ2n) is 5.41. The first-order valence-corrected chi connectivity index (χ1v) is 9.69. The molecule has 0 bridgehead atoms. The fourth-order valence-corrected chi connectivity index (χ4v) is 2.63. The summed E-state index contributed by atoms with van der Waals surface area (Å²) < 4.78 is 0. The van der Waals surface area contributed by atoms with Crippen LogP contribution in [0.4, 0.5) is 0 Å². The summed E-state index contributed by atoms with van der Waals surface area (Å²) in [5.41, 5.74) is 0. The van der Waals surface area contributed by atoms with Crippen LogP contribution >= 0.6 is 0 Å². The number of aliphatic hydroxyl groups is 1. The quantitative estimate of drug-likeness (QED) is 0.522. The monoisotopic (exact) mass is 372 g/mol. The Balaban J connectivity index is 0. The molecule has 152 valence electrons. The number of amides is 4. The molecule has 1 saturated heterocycles. The Morgan fingerprint density at radius 2 is 1.58 bits per heavy atom. The first-order chi connectivity index (χ1) is 12.4. The van der Waals surface area contributed by atoms with Crippen LogP contribution in [0.15, 0.2) is 0 Å². The largest absolute Gasteiger partial charge is 0.394 e. The van der Waals surface area contributed by atoms with Gasteiger partial charge in [0.2, 0.25) is 23.6 Å². The summed E-state index contributed by atoms with van der Waals surface area (Å²) in [5, 5.41) is 9.42. The van der Waals surface area contributed by atoms with Gasteiger partial charge < -0.3 is 5.11 Å². The summed E-state index contributed by atoms with van der Waals surface area (Å²) in [7, 11) is 0. The van der Waals surface area contributed by atoms with Crippen molar-refractivity contribution >= 4 is 23.6 Å². The van der Waals surface area contributed by atoms with Crippen molar-refractivity contribution in [1.29, 1.82) is 0 Å². The van der Waals surface area contributed by atoms with Gasteiger partial charge in [0.25, 0.3) is 0 Å². The van der Waals surface area contributed by atoms with Crippen LogP contribution in [-0.4, -0.2) is 57.7 Å². The molecule has 7 heteroatoms. The van der Waals surface area contributed by atoms with Gasteiger partial charge >= 0.3 is 0 Å². The molecule has 1 aliphatic heterocycles. The maximum Gasteiger partial charge on any atom is 0.229 e. The minimum atomic E-state index is -0.546. The third kappa shape index (κ3) is 8.56. The molecule has 4 amide bonds. The molecule has 0 aliphatic carbocycles. The maximum absolute atomic E-state index is 11.8. The summed E-state index contributed by atoms with van der Waals surface area (Å²) in [6.45, 7) is 11.0. The number of carbonyl (C=O) groups is 4. The highest BCUT2D eigenvalue weighted by molar-refractivity contribution is 6.01. The Labute approximate surface area is 157 Å². The Bertz CT molecular complexity index is 435. The number of nitrogens with zero attached hydrogens (tertiary/aromatic N) is 2. The van der Waals surface area contributed by atoms with Gasteiger partial charge in [-0.05, 0) is 19.3 Å². The minimum Gasteiger partial charge on any atom is -0.394 e. The van der Waals surface area contributed by atoms with E-state index in [1.807, 2.05) is 27.7 Å². The first kappa shape index (κ1) is 26.5. The van der Waals surface area contributed by atoms with Crippen LogP contribution in [0.1, 0.15) is 80.1 Å².